The Morgan fingerprint density at radius 3 is 2.44 bits per heavy atom. The van der Waals surface area contributed by atoms with Crippen LogP contribution in [0, 0.1) is 0 Å². The summed E-state index contributed by atoms with van der Waals surface area (Å²) in [5, 5.41) is 16.3. The molecule has 0 aliphatic carbocycles. The molecule has 1 aromatic heterocycles. The van der Waals surface area contributed by atoms with E-state index in [0.29, 0.717) is 22.8 Å². The van der Waals surface area contributed by atoms with Gasteiger partial charge in [0.15, 0.2) is 0 Å². The number of nitrogens with one attached hydrogen (secondary N) is 3. The van der Waals surface area contributed by atoms with E-state index in [9.17, 15) is 13.2 Å². The highest BCUT2D eigenvalue weighted by Crippen LogP contribution is 2.18. The number of rotatable bonds is 5. The van der Waals surface area contributed by atoms with Crippen LogP contribution in [0.15, 0.2) is 48.5 Å². The van der Waals surface area contributed by atoms with Crippen molar-refractivity contribution in [1.82, 2.24) is 20.6 Å². The highest BCUT2D eigenvalue weighted by molar-refractivity contribution is 7.92. The summed E-state index contributed by atoms with van der Waals surface area (Å²) < 4.78 is 24.9. The van der Waals surface area contributed by atoms with Crippen LogP contribution in [0.25, 0.3) is 11.4 Å². The third kappa shape index (κ3) is 4.38. The Hall–Kier alpha value is -3.27. The first-order chi connectivity index (χ1) is 11.9. The summed E-state index contributed by atoms with van der Waals surface area (Å²) in [6, 6.07) is 13.1. The molecule has 3 N–H and O–H groups in total. The minimum absolute atomic E-state index is 0.323. The van der Waals surface area contributed by atoms with E-state index in [1.165, 1.54) is 6.07 Å². The van der Waals surface area contributed by atoms with E-state index in [0.717, 1.165) is 11.8 Å². The molecule has 0 bridgehead atoms. The molecular weight excluding hydrogens is 344 g/mol. The summed E-state index contributed by atoms with van der Waals surface area (Å²) in [6.45, 7) is 0. The van der Waals surface area contributed by atoms with Gasteiger partial charge >= 0.3 is 0 Å². The second kappa shape index (κ2) is 6.69. The summed E-state index contributed by atoms with van der Waals surface area (Å²) in [6.07, 6.45) is 1.06. The number of carbonyl (C=O) groups excluding carboxylic acids is 1. The van der Waals surface area contributed by atoms with Crippen molar-refractivity contribution in [2.45, 2.75) is 0 Å². The van der Waals surface area contributed by atoms with E-state index in [2.05, 4.69) is 30.7 Å². The molecule has 0 saturated carbocycles. The maximum Gasteiger partial charge on any atom is 0.255 e. The van der Waals surface area contributed by atoms with E-state index < -0.39 is 10.0 Å². The molecule has 9 nitrogen and oxygen atoms in total. The van der Waals surface area contributed by atoms with E-state index in [-0.39, 0.29) is 5.91 Å². The second-order valence-corrected chi connectivity index (χ2v) is 6.97. The molecule has 2 aromatic carbocycles. The van der Waals surface area contributed by atoms with Crippen LogP contribution in [0.5, 0.6) is 0 Å². The molecule has 0 aliphatic rings. The van der Waals surface area contributed by atoms with Gasteiger partial charge in [-0.15, -0.1) is 10.2 Å². The van der Waals surface area contributed by atoms with Gasteiger partial charge in [-0.3, -0.25) is 9.52 Å². The zero-order chi connectivity index (χ0) is 17.9. The van der Waals surface area contributed by atoms with Gasteiger partial charge in [-0.1, -0.05) is 18.2 Å². The third-order valence-corrected chi connectivity index (χ3v) is 3.78. The number of carbonyl (C=O) groups is 1. The topological polar surface area (TPSA) is 130 Å². The van der Waals surface area contributed by atoms with Crippen LogP contribution in [0.2, 0.25) is 0 Å². The zero-order valence-corrected chi connectivity index (χ0v) is 13.9. The smallest absolute Gasteiger partial charge is 0.255 e. The summed E-state index contributed by atoms with van der Waals surface area (Å²) in [4.78, 5) is 12.3. The van der Waals surface area contributed by atoms with Gasteiger partial charge in [0.1, 0.15) is 0 Å². The van der Waals surface area contributed by atoms with Crippen LogP contribution in [-0.2, 0) is 10.0 Å². The summed E-state index contributed by atoms with van der Waals surface area (Å²) in [5.74, 6) is 0.114. The lowest BCUT2D eigenvalue weighted by atomic mass is 10.1. The van der Waals surface area contributed by atoms with Gasteiger partial charge in [-0.2, -0.15) is 5.21 Å². The van der Waals surface area contributed by atoms with Gasteiger partial charge in [0.05, 0.1) is 11.9 Å². The fraction of sp³-hybridized carbons (Fsp3) is 0.0667. The van der Waals surface area contributed by atoms with Crippen molar-refractivity contribution in [2.75, 3.05) is 16.3 Å². The molecular formula is C15H14N6O3S. The molecule has 0 fully saturated rings. The predicted molar refractivity (Wildman–Crippen MR) is 92.5 cm³/mol. The van der Waals surface area contributed by atoms with Crippen LogP contribution >= 0.6 is 0 Å². The van der Waals surface area contributed by atoms with Crippen LogP contribution < -0.4 is 10.0 Å². The van der Waals surface area contributed by atoms with E-state index in [1.54, 1.807) is 42.5 Å². The molecule has 3 aromatic rings. The van der Waals surface area contributed by atoms with Gasteiger partial charge < -0.3 is 5.32 Å². The van der Waals surface area contributed by atoms with Crippen molar-refractivity contribution < 1.29 is 13.2 Å². The Kier molecular flexibility index (Phi) is 4.44. The molecule has 128 valence electrons. The summed E-state index contributed by atoms with van der Waals surface area (Å²) in [7, 11) is -3.38. The maximum absolute atomic E-state index is 12.3. The van der Waals surface area contributed by atoms with E-state index >= 15 is 0 Å². The first kappa shape index (κ1) is 16.6. The largest absolute Gasteiger partial charge is 0.322 e. The first-order valence-corrected chi connectivity index (χ1v) is 9.03. The Bertz CT molecular complexity index is 984. The molecule has 1 amide bonds. The number of hydrogen-bond donors (Lipinski definition) is 3. The molecule has 0 aliphatic heterocycles. The monoisotopic (exact) mass is 358 g/mol. The van der Waals surface area contributed by atoms with Crippen LogP contribution in [0.4, 0.5) is 11.4 Å². The van der Waals surface area contributed by atoms with Gasteiger partial charge in [0.25, 0.3) is 5.91 Å². The predicted octanol–water partition coefficient (Wildman–Crippen LogP) is 1.49. The zero-order valence-electron chi connectivity index (χ0n) is 13.1. The lowest BCUT2D eigenvalue weighted by molar-refractivity contribution is 0.102. The molecule has 10 heteroatoms. The van der Waals surface area contributed by atoms with Crippen molar-refractivity contribution in [1.29, 1.82) is 0 Å². The molecule has 0 unspecified atom stereocenters. The lowest BCUT2D eigenvalue weighted by Crippen LogP contribution is -2.13. The molecule has 25 heavy (non-hydrogen) atoms. The number of aromatic nitrogens is 4. The van der Waals surface area contributed by atoms with E-state index in [1.807, 2.05) is 0 Å². The summed E-state index contributed by atoms with van der Waals surface area (Å²) in [5.41, 5.74) is 2.01. The normalized spacial score (nSPS) is 11.1. The second-order valence-electron chi connectivity index (χ2n) is 5.22. The number of aromatic amines is 1. The quantitative estimate of drug-likeness (QED) is 0.633. The third-order valence-electron chi connectivity index (χ3n) is 3.17. The van der Waals surface area contributed by atoms with Gasteiger partial charge in [0, 0.05) is 16.8 Å². The van der Waals surface area contributed by atoms with Crippen LogP contribution in [-0.4, -0.2) is 41.2 Å². The number of anilines is 2. The molecule has 0 atom stereocenters. The highest BCUT2D eigenvalue weighted by atomic mass is 32.2. The standard InChI is InChI=1S/C15H14N6O3S/c1-25(23,24)19-13-4-2-3-12(9-13)16-15(22)11-7-5-10(6-8-11)14-17-20-21-18-14/h2-9,19H,1H3,(H,16,22)(H,17,18,20,21). The highest BCUT2D eigenvalue weighted by Gasteiger charge is 2.09. The van der Waals surface area contributed by atoms with Crippen molar-refractivity contribution in [3.8, 4) is 11.4 Å². The minimum atomic E-state index is -3.38. The first-order valence-electron chi connectivity index (χ1n) is 7.14. The summed E-state index contributed by atoms with van der Waals surface area (Å²) >= 11 is 0. The van der Waals surface area contributed by atoms with Crippen LogP contribution in [0.1, 0.15) is 10.4 Å². The average Bonchev–Trinajstić information content (AvgIpc) is 3.08. The van der Waals surface area contributed by atoms with Crippen molar-refractivity contribution >= 4 is 27.3 Å². The van der Waals surface area contributed by atoms with Gasteiger partial charge in [-0.25, -0.2) is 8.42 Å². The number of hydrogen-bond acceptors (Lipinski definition) is 6. The fourth-order valence-electron chi connectivity index (χ4n) is 2.13. The number of benzene rings is 2. The molecule has 1 heterocycles. The Balaban J connectivity index is 1.73. The average molecular weight is 358 g/mol. The Morgan fingerprint density at radius 2 is 1.80 bits per heavy atom. The number of sulfonamides is 1. The molecule has 0 saturated heterocycles. The number of nitrogens with zero attached hydrogens (tertiary/aromatic N) is 3. The van der Waals surface area contributed by atoms with E-state index in [4.69, 9.17) is 0 Å². The number of amides is 1. The fourth-order valence-corrected chi connectivity index (χ4v) is 2.69. The lowest BCUT2D eigenvalue weighted by Gasteiger charge is -2.08. The van der Waals surface area contributed by atoms with Crippen molar-refractivity contribution in [3.05, 3.63) is 54.1 Å². The number of tetrazole rings is 1. The Morgan fingerprint density at radius 1 is 1.08 bits per heavy atom. The minimum Gasteiger partial charge on any atom is -0.322 e. The van der Waals surface area contributed by atoms with Crippen molar-refractivity contribution in [3.63, 3.8) is 0 Å². The van der Waals surface area contributed by atoms with Gasteiger partial charge in [0.2, 0.25) is 15.8 Å². The molecule has 3 rings (SSSR count). The van der Waals surface area contributed by atoms with Crippen LogP contribution in [0.3, 0.4) is 0 Å². The Labute approximate surface area is 143 Å². The SMILES string of the molecule is CS(=O)(=O)Nc1cccc(NC(=O)c2ccc(-c3nn[nH]n3)cc2)c1. The molecule has 0 radical (unpaired) electrons. The maximum atomic E-state index is 12.3. The number of H-pyrrole nitrogens is 1. The molecule has 0 spiro atoms. The van der Waals surface area contributed by atoms with Gasteiger partial charge in [-0.05, 0) is 35.5 Å². The van der Waals surface area contributed by atoms with Crippen molar-refractivity contribution in [2.24, 2.45) is 0 Å².